The van der Waals surface area contributed by atoms with E-state index in [0.717, 1.165) is 28.6 Å². The van der Waals surface area contributed by atoms with Gasteiger partial charge in [-0.15, -0.1) is 0 Å². The van der Waals surface area contributed by atoms with Gasteiger partial charge in [-0.3, -0.25) is 14.2 Å². The molecule has 200 valence electrons. The number of Topliss-reactive ketones (excluding diaryl/α,β-unsaturated/α-hetero) is 2. The highest BCUT2D eigenvalue weighted by atomic mass is 19.4. The molecule has 6 aromatic rings. The molecule has 2 heterocycles. The van der Waals surface area contributed by atoms with Crippen LogP contribution in [0.5, 0.6) is 0 Å². The lowest BCUT2D eigenvalue weighted by Gasteiger charge is -2.09. The van der Waals surface area contributed by atoms with Crippen molar-refractivity contribution in [1.82, 2.24) is 14.1 Å². The molecular formula is C33H20F3N3O2. The van der Waals surface area contributed by atoms with E-state index in [1.54, 1.807) is 23.7 Å². The van der Waals surface area contributed by atoms with Crippen LogP contribution in [0.2, 0.25) is 0 Å². The molecule has 4 aromatic carbocycles. The van der Waals surface area contributed by atoms with Crippen molar-refractivity contribution in [1.29, 1.82) is 0 Å². The van der Waals surface area contributed by atoms with Crippen molar-refractivity contribution in [3.63, 3.8) is 0 Å². The number of hydrogen-bond donors (Lipinski definition) is 0. The van der Waals surface area contributed by atoms with Gasteiger partial charge in [-0.1, -0.05) is 54.6 Å². The second-order valence-electron chi connectivity index (χ2n) is 9.97. The molecule has 8 heteroatoms. The number of allylic oxidation sites excluding steroid dienone is 1. The van der Waals surface area contributed by atoms with Crippen molar-refractivity contribution < 1.29 is 22.8 Å². The number of fused-ring (bicyclic) bond motifs is 3. The van der Waals surface area contributed by atoms with Crippen molar-refractivity contribution in [2.45, 2.75) is 6.18 Å². The van der Waals surface area contributed by atoms with E-state index in [2.05, 4.69) is 0 Å². The van der Waals surface area contributed by atoms with E-state index in [1.165, 1.54) is 18.2 Å². The van der Waals surface area contributed by atoms with Crippen LogP contribution in [-0.2, 0) is 13.2 Å². The highest BCUT2D eigenvalue weighted by Crippen LogP contribution is 2.36. The molecule has 1 aliphatic rings. The molecule has 2 aromatic heterocycles. The van der Waals surface area contributed by atoms with Crippen LogP contribution in [0.15, 0.2) is 103 Å². The summed E-state index contributed by atoms with van der Waals surface area (Å²) in [5.41, 5.74) is 3.31. The molecule has 0 radical (unpaired) electrons. The summed E-state index contributed by atoms with van der Waals surface area (Å²) in [4.78, 5) is 31.7. The average molecular weight is 548 g/mol. The zero-order valence-corrected chi connectivity index (χ0v) is 21.6. The third kappa shape index (κ3) is 3.90. The van der Waals surface area contributed by atoms with E-state index in [-0.39, 0.29) is 17.1 Å². The Hall–Kier alpha value is -5.24. The quantitative estimate of drug-likeness (QED) is 0.169. The van der Waals surface area contributed by atoms with Gasteiger partial charge < -0.3 is 4.57 Å². The van der Waals surface area contributed by atoms with Crippen LogP contribution in [0.3, 0.4) is 0 Å². The molecule has 0 bridgehead atoms. The summed E-state index contributed by atoms with van der Waals surface area (Å²) < 4.78 is 43.0. The Bertz CT molecular complexity index is 2010. The summed E-state index contributed by atoms with van der Waals surface area (Å²) >= 11 is 0. The van der Waals surface area contributed by atoms with Gasteiger partial charge in [-0.05, 0) is 64.9 Å². The topological polar surface area (TPSA) is 56.9 Å². The highest BCUT2D eigenvalue weighted by molar-refractivity contribution is 6.42. The number of nitrogens with zero attached hydrogens (tertiary/aromatic N) is 3. The molecule has 0 unspecified atom stereocenters. The molecule has 0 saturated heterocycles. The van der Waals surface area contributed by atoms with Crippen molar-refractivity contribution in [2.75, 3.05) is 0 Å². The minimum atomic E-state index is -4.42. The van der Waals surface area contributed by atoms with Crippen molar-refractivity contribution in [3.05, 3.63) is 125 Å². The standard InChI is InChI=1S/C33H20F3N3O2/c1-38-27(19-11-13-22(14-12-19)33(34,35)36)18-28-32(38)37-29(39(28)23-9-3-2-4-10-23)17-26-30(40)24-15-20-7-5-6-8-21(20)16-25(24)31(26)41/h2-18H,1H3. The van der Waals surface area contributed by atoms with Crippen LogP contribution in [0, 0.1) is 0 Å². The maximum atomic E-state index is 13.4. The van der Waals surface area contributed by atoms with Crippen LogP contribution >= 0.6 is 0 Å². The monoisotopic (exact) mass is 547 g/mol. The van der Waals surface area contributed by atoms with Crippen LogP contribution in [0.25, 0.3) is 45.0 Å². The molecule has 0 spiro atoms. The number of para-hydroxylation sites is 1. The number of alkyl halides is 3. The van der Waals surface area contributed by atoms with Gasteiger partial charge in [-0.2, -0.15) is 13.2 Å². The molecule has 0 fully saturated rings. The third-order valence-corrected chi connectivity index (χ3v) is 7.53. The fraction of sp³-hybridized carbons (Fsp3) is 0.0606. The van der Waals surface area contributed by atoms with E-state index >= 15 is 0 Å². The summed E-state index contributed by atoms with van der Waals surface area (Å²) in [5, 5.41) is 1.75. The first-order chi connectivity index (χ1) is 19.7. The number of imidazole rings is 1. The Balaban J connectivity index is 1.38. The first kappa shape index (κ1) is 24.8. The first-order valence-electron chi connectivity index (χ1n) is 12.9. The Morgan fingerprint density at radius 2 is 1.34 bits per heavy atom. The van der Waals surface area contributed by atoms with E-state index in [4.69, 9.17) is 4.98 Å². The Labute approximate surface area is 231 Å². The number of rotatable bonds is 3. The molecule has 1 aliphatic carbocycles. The van der Waals surface area contributed by atoms with Crippen molar-refractivity contribution >= 4 is 39.6 Å². The Kier molecular flexibility index (Phi) is 5.37. The van der Waals surface area contributed by atoms with Crippen LogP contribution in [-0.4, -0.2) is 25.7 Å². The number of carbonyl (C=O) groups is 2. The number of halogens is 3. The molecule has 41 heavy (non-hydrogen) atoms. The Morgan fingerprint density at radius 1 is 0.756 bits per heavy atom. The summed E-state index contributed by atoms with van der Waals surface area (Å²) in [6, 6.07) is 27.3. The number of benzene rings is 4. The molecule has 5 nitrogen and oxygen atoms in total. The molecule has 0 amide bonds. The van der Waals surface area contributed by atoms with E-state index in [1.807, 2.05) is 65.2 Å². The van der Waals surface area contributed by atoms with Gasteiger partial charge in [0.05, 0.1) is 22.3 Å². The first-order valence-corrected chi connectivity index (χ1v) is 12.9. The minimum Gasteiger partial charge on any atom is -0.327 e. The van der Waals surface area contributed by atoms with Crippen molar-refractivity contribution in [3.8, 4) is 16.9 Å². The molecule has 0 saturated carbocycles. The number of aromatic nitrogens is 3. The van der Waals surface area contributed by atoms with Gasteiger partial charge in [0.15, 0.2) is 17.2 Å². The minimum absolute atomic E-state index is 0.0331. The normalized spacial score (nSPS) is 13.4. The summed E-state index contributed by atoms with van der Waals surface area (Å²) in [6.45, 7) is 0. The lowest BCUT2D eigenvalue weighted by molar-refractivity contribution is -0.137. The van der Waals surface area contributed by atoms with Gasteiger partial charge in [0.25, 0.3) is 0 Å². The van der Waals surface area contributed by atoms with Gasteiger partial charge in [0.2, 0.25) is 0 Å². The second kappa shape index (κ2) is 8.89. The number of carbonyl (C=O) groups excluding carboxylic acids is 2. The largest absolute Gasteiger partial charge is 0.416 e. The van der Waals surface area contributed by atoms with Crippen LogP contribution < -0.4 is 0 Å². The van der Waals surface area contributed by atoms with Gasteiger partial charge >= 0.3 is 6.18 Å². The zero-order valence-electron chi connectivity index (χ0n) is 21.6. The highest BCUT2D eigenvalue weighted by Gasteiger charge is 2.34. The summed E-state index contributed by atoms with van der Waals surface area (Å²) in [5.74, 6) is -0.314. The number of aryl methyl sites for hydroxylation is 1. The van der Waals surface area contributed by atoms with Gasteiger partial charge in [0, 0.05) is 23.9 Å². The maximum absolute atomic E-state index is 13.4. The van der Waals surface area contributed by atoms with Gasteiger partial charge in [0.1, 0.15) is 5.82 Å². The smallest absolute Gasteiger partial charge is 0.327 e. The molecule has 0 atom stereocenters. The molecule has 0 N–H and O–H groups in total. The van der Waals surface area contributed by atoms with Crippen molar-refractivity contribution in [2.24, 2.45) is 7.05 Å². The van der Waals surface area contributed by atoms with E-state index in [9.17, 15) is 22.8 Å². The van der Waals surface area contributed by atoms with Gasteiger partial charge in [-0.25, -0.2) is 4.98 Å². The Morgan fingerprint density at radius 3 is 1.93 bits per heavy atom. The number of hydrogen-bond acceptors (Lipinski definition) is 3. The zero-order chi connectivity index (χ0) is 28.5. The summed E-state index contributed by atoms with van der Waals surface area (Å²) in [7, 11) is 1.78. The number of ketones is 2. The predicted molar refractivity (Wildman–Crippen MR) is 151 cm³/mol. The van der Waals surface area contributed by atoms with E-state index in [0.29, 0.717) is 39.4 Å². The summed E-state index contributed by atoms with van der Waals surface area (Å²) in [6.07, 6.45) is -2.90. The van der Waals surface area contributed by atoms with Crippen LogP contribution in [0.1, 0.15) is 32.1 Å². The second-order valence-corrected chi connectivity index (χ2v) is 9.97. The molecule has 7 rings (SSSR count). The SMILES string of the molecule is Cn1c(-c2ccc(C(F)(F)F)cc2)cc2c1nc(C=C1C(=O)c3cc4ccccc4cc3C1=O)n2-c1ccccc1. The fourth-order valence-corrected chi connectivity index (χ4v) is 5.48. The molecule has 0 aliphatic heterocycles. The lowest BCUT2D eigenvalue weighted by Crippen LogP contribution is -2.04. The third-order valence-electron chi connectivity index (χ3n) is 7.53. The van der Waals surface area contributed by atoms with Crippen LogP contribution in [0.4, 0.5) is 13.2 Å². The lowest BCUT2D eigenvalue weighted by atomic mass is 10.0. The predicted octanol–water partition coefficient (Wildman–Crippen LogP) is 7.67. The fourth-order valence-electron chi connectivity index (χ4n) is 5.48. The molecular weight excluding hydrogens is 527 g/mol. The average Bonchev–Trinajstić information content (AvgIpc) is 3.57. The maximum Gasteiger partial charge on any atom is 0.416 e. The van der Waals surface area contributed by atoms with E-state index < -0.39 is 11.7 Å².